The van der Waals surface area contributed by atoms with Crippen LogP contribution in [0.3, 0.4) is 0 Å². The first-order chi connectivity index (χ1) is 12.0. The van der Waals surface area contributed by atoms with Gasteiger partial charge in [0.05, 0.1) is 0 Å². The second kappa shape index (κ2) is 9.42. The lowest BCUT2D eigenvalue weighted by atomic mass is 10.2. The molecule has 2 rings (SSSR count). The summed E-state index contributed by atoms with van der Waals surface area (Å²) in [5.41, 5.74) is 1.15. The Morgan fingerprint density at radius 2 is 2.16 bits per heavy atom. The van der Waals surface area contributed by atoms with E-state index in [1.807, 2.05) is 43.8 Å². The number of hydrogen-bond acceptors (Lipinski definition) is 3. The molecule has 0 amide bonds. The quantitative estimate of drug-likeness (QED) is 0.467. The molecule has 2 aromatic rings. The first-order valence-electron chi connectivity index (χ1n) is 8.60. The van der Waals surface area contributed by atoms with Gasteiger partial charge in [-0.15, -0.1) is 10.2 Å². The molecule has 136 valence electrons. The summed E-state index contributed by atoms with van der Waals surface area (Å²) < 4.78 is 1.96. The molecule has 0 aliphatic heterocycles. The molecule has 0 saturated carbocycles. The number of aromatic nitrogens is 3. The summed E-state index contributed by atoms with van der Waals surface area (Å²) in [6.45, 7) is 6.23. The minimum Gasteiger partial charge on any atom is -0.356 e. The second-order valence-electron chi connectivity index (χ2n) is 6.13. The van der Waals surface area contributed by atoms with E-state index in [-0.39, 0.29) is 0 Å². The first kappa shape index (κ1) is 19.2. The number of nitrogens with one attached hydrogen (secondary N) is 1. The van der Waals surface area contributed by atoms with Crippen LogP contribution in [0.25, 0.3) is 0 Å². The van der Waals surface area contributed by atoms with E-state index in [0.717, 1.165) is 54.1 Å². The molecule has 0 radical (unpaired) electrons. The Morgan fingerprint density at radius 3 is 2.80 bits per heavy atom. The van der Waals surface area contributed by atoms with Crippen molar-refractivity contribution in [3.63, 3.8) is 0 Å². The summed E-state index contributed by atoms with van der Waals surface area (Å²) in [5.74, 6) is 2.59. The second-order valence-corrected chi connectivity index (χ2v) is 6.57. The molecule has 0 spiro atoms. The lowest BCUT2D eigenvalue weighted by Gasteiger charge is -2.22. The Balaban J connectivity index is 2.10. The van der Waals surface area contributed by atoms with Gasteiger partial charge in [0.25, 0.3) is 0 Å². The van der Waals surface area contributed by atoms with Crippen molar-refractivity contribution >= 4 is 17.6 Å². The summed E-state index contributed by atoms with van der Waals surface area (Å²) in [6, 6.07) is 7.90. The minimum atomic E-state index is 0.492. The fourth-order valence-corrected chi connectivity index (χ4v) is 2.62. The fourth-order valence-electron chi connectivity index (χ4n) is 2.41. The third-order valence-corrected chi connectivity index (χ3v) is 4.27. The smallest absolute Gasteiger partial charge is 0.194 e. The van der Waals surface area contributed by atoms with Gasteiger partial charge < -0.3 is 14.8 Å². The highest BCUT2D eigenvalue weighted by Gasteiger charge is 2.09. The van der Waals surface area contributed by atoms with Crippen LogP contribution in [0.4, 0.5) is 0 Å². The number of halogens is 1. The first-order valence-corrected chi connectivity index (χ1v) is 8.97. The summed E-state index contributed by atoms with van der Waals surface area (Å²) in [7, 11) is 3.99. The number of nitrogens with zero attached hydrogens (tertiary/aromatic N) is 5. The predicted octanol–water partition coefficient (Wildman–Crippen LogP) is 3.15. The van der Waals surface area contributed by atoms with Crippen LogP contribution in [0.1, 0.15) is 37.0 Å². The normalized spacial score (nSPS) is 11.6. The Morgan fingerprint density at radius 1 is 1.36 bits per heavy atom. The van der Waals surface area contributed by atoms with Crippen molar-refractivity contribution in [3.8, 4) is 0 Å². The monoisotopic (exact) mass is 362 g/mol. The van der Waals surface area contributed by atoms with Crippen molar-refractivity contribution in [2.24, 2.45) is 12.0 Å². The third kappa shape index (κ3) is 5.74. The number of unbranched alkanes of at least 4 members (excludes halogenated alkanes) is 1. The topological polar surface area (TPSA) is 58.3 Å². The highest BCUT2D eigenvalue weighted by molar-refractivity contribution is 6.30. The molecular formula is C18H27ClN6. The van der Waals surface area contributed by atoms with Gasteiger partial charge in [-0.2, -0.15) is 0 Å². The van der Waals surface area contributed by atoms with Crippen LogP contribution in [-0.2, 0) is 20.1 Å². The van der Waals surface area contributed by atoms with Crippen LogP contribution in [-0.4, -0.2) is 39.2 Å². The van der Waals surface area contributed by atoms with Crippen molar-refractivity contribution in [1.82, 2.24) is 25.0 Å². The van der Waals surface area contributed by atoms with E-state index >= 15 is 0 Å². The fraction of sp³-hybridized carbons (Fsp3) is 0.500. The number of aryl methyl sites for hydroxylation is 1. The third-order valence-electron chi connectivity index (χ3n) is 4.04. The summed E-state index contributed by atoms with van der Waals surface area (Å²) in [5, 5.41) is 12.5. The molecule has 6 nitrogen and oxygen atoms in total. The van der Waals surface area contributed by atoms with E-state index in [1.165, 1.54) is 0 Å². The molecule has 0 bridgehead atoms. The number of rotatable bonds is 7. The zero-order valence-corrected chi connectivity index (χ0v) is 16.2. The zero-order chi connectivity index (χ0) is 18.2. The van der Waals surface area contributed by atoms with Gasteiger partial charge in [0.15, 0.2) is 11.8 Å². The van der Waals surface area contributed by atoms with Crippen molar-refractivity contribution < 1.29 is 0 Å². The zero-order valence-electron chi connectivity index (χ0n) is 15.5. The molecule has 0 saturated heterocycles. The van der Waals surface area contributed by atoms with Crippen LogP contribution < -0.4 is 5.32 Å². The largest absolute Gasteiger partial charge is 0.356 e. The van der Waals surface area contributed by atoms with Gasteiger partial charge in [-0.05, 0) is 31.0 Å². The van der Waals surface area contributed by atoms with Crippen LogP contribution in [0.5, 0.6) is 0 Å². The molecule has 0 aliphatic carbocycles. The van der Waals surface area contributed by atoms with Gasteiger partial charge >= 0.3 is 0 Å². The number of hydrogen-bond donors (Lipinski definition) is 1. The average Bonchev–Trinajstić information content (AvgIpc) is 2.90. The predicted molar refractivity (Wildman–Crippen MR) is 103 cm³/mol. The standard InChI is InChI=1S/C18H27ClN6/c1-5-6-10-20-18(21-12-17-23-22-14(2)25(17)4)24(3)13-15-8-7-9-16(19)11-15/h7-9,11H,5-6,10,12-13H2,1-4H3,(H,20,21). The minimum absolute atomic E-state index is 0.492. The highest BCUT2D eigenvalue weighted by atomic mass is 35.5. The molecule has 0 fully saturated rings. The van der Waals surface area contributed by atoms with Gasteiger partial charge in [0, 0.05) is 32.2 Å². The average molecular weight is 363 g/mol. The molecular weight excluding hydrogens is 336 g/mol. The van der Waals surface area contributed by atoms with Crippen LogP contribution in [0.2, 0.25) is 5.02 Å². The van der Waals surface area contributed by atoms with E-state index in [1.54, 1.807) is 0 Å². The van der Waals surface area contributed by atoms with E-state index in [2.05, 4.69) is 33.4 Å². The molecule has 1 N–H and O–H groups in total. The van der Waals surface area contributed by atoms with Gasteiger partial charge in [-0.1, -0.05) is 37.1 Å². The molecule has 0 aliphatic rings. The number of benzene rings is 1. The van der Waals surface area contributed by atoms with E-state index in [4.69, 9.17) is 16.6 Å². The molecule has 0 unspecified atom stereocenters. The molecule has 1 heterocycles. The molecule has 1 aromatic carbocycles. The van der Waals surface area contributed by atoms with Gasteiger partial charge in [-0.25, -0.2) is 4.99 Å². The molecule has 1 aromatic heterocycles. The van der Waals surface area contributed by atoms with Crippen molar-refractivity contribution in [3.05, 3.63) is 46.5 Å². The maximum atomic E-state index is 6.09. The summed E-state index contributed by atoms with van der Waals surface area (Å²) in [4.78, 5) is 6.84. The van der Waals surface area contributed by atoms with Crippen molar-refractivity contribution in [1.29, 1.82) is 0 Å². The Labute approximate surface area is 154 Å². The lowest BCUT2D eigenvalue weighted by molar-refractivity contribution is 0.472. The number of aliphatic imine (C=N–C) groups is 1. The molecule has 7 heteroatoms. The Bertz CT molecular complexity index is 709. The van der Waals surface area contributed by atoms with Gasteiger partial charge in [0.2, 0.25) is 0 Å². The SMILES string of the molecule is CCCCNC(=NCc1nnc(C)n1C)N(C)Cc1cccc(Cl)c1. The molecule has 25 heavy (non-hydrogen) atoms. The van der Waals surface area contributed by atoms with Crippen LogP contribution >= 0.6 is 11.6 Å². The maximum Gasteiger partial charge on any atom is 0.194 e. The van der Waals surface area contributed by atoms with Crippen molar-refractivity contribution in [2.45, 2.75) is 39.8 Å². The van der Waals surface area contributed by atoms with Gasteiger partial charge in [0.1, 0.15) is 12.4 Å². The summed E-state index contributed by atoms with van der Waals surface area (Å²) in [6.07, 6.45) is 2.24. The molecule has 0 atom stereocenters. The van der Waals surface area contributed by atoms with Crippen LogP contribution in [0.15, 0.2) is 29.3 Å². The van der Waals surface area contributed by atoms with E-state index in [0.29, 0.717) is 6.54 Å². The van der Waals surface area contributed by atoms with Crippen LogP contribution in [0, 0.1) is 6.92 Å². The highest BCUT2D eigenvalue weighted by Crippen LogP contribution is 2.12. The van der Waals surface area contributed by atoms with Gasteiger partial charge in [-0.3, -0.25) is 0 Å². The van der Waals surface area contributed by atoms with Crippen molar-refractivity contribution in [2.75, 3.05) is 13.6 Å². The number of guanidine groups is 1. The maximum absolute atomic E-state index is 6.09. The summed E-state index contributed by atoms with van der Waals surface area (Å²) >= 11 is 6.09. The lowest BCUT2D eigenvalue weighted by Crippen LogP contribution is -2.39. The Hall–Kier alpha value is -2.08. The van der Waals surface area contributed by atoms with E-state index < -0.39 is 0 Å². The Kier molecular flexibility index (Phi) is 7.25. The van der Waals surface area contributed by atoms with E-state index in [9.17, 15) is 0 Å².